The average molecular weight is 281 g/mol. The Morgan fingerprint density at radius 1 is 1.00 bits per heavy atom. The van der Waals surface area contributed by atoms with E-state index < -0.39 is 0 Å². The second-order valence-corrected chi connectivity index (χ2v) is 3.06. The van der Waals surface area contributed by atoms with Gasteiger partial charge in [-0.1, -0.05) is 6.07 Å². The molecule has 17 heavy (non-hydrogen) atoms. The molecule has 2 N–H and O–H groups in total. The smallest absolute Gasteiger partial charge is 0.174 e. The van der Waals surface area contributed by atoms with Crippen LogP contribution in [0.15, 0.2) is 52.8 Å². The predicted molar refractivity (Wildman–Crippen MR) is 58.2 cm³/mol. The molecule has 0 aliphatic heterocycles. The molecule has 0 saturated heterocycles. The van der Waals surface area contributed by atoms with Gasteiger partial charge in [0.05, 0.1) is 0 Å². The normalized spacial score (nSPS) is 10.1. The van der Waals surface area contributed by atoms with Gasteiger partial charge in [0.15, 0.2) is 5.82 Å². The molecular formula is C11H9N3O2Zn. The van der Waals surface area contributed by atoms with Crippen molar-refractivity contribution < 1.29 is 29.7 Å². The first-order valence-corrected chi connectivity index (χ1v) is 4.60. The first-order valence-electron chi connectivity index (χ1n) is 4.60. The standard InChI is InChI=1S/C11H9N3O2.Zn/c15-8-4-5-9(10(16)7-8)13-14-11-3-1-2-6-12-11;/h1-7,15-16H;. The number of hydrogen-bond acceptors (Lipinski definition) is 5. The van der Waals surface area contributed by atoms with Crippen molar-refractivity contribution in [3.05, 3.63) is 42.6 Å². The molecule has 1 aromatic carbocycles. The summed E-state index contributed by atoms with van der Waals surface area (Å²) in [7, 11) is 0. The molecule has 0 amide bonds. The summed E-state index contributed by atoms with van der Waals surface area (Å²) in [5.74, 6) is 0.309. The summed E-state index contributed by atoms with van der Waals surface area (Å²) in [5, 5.41) is 26.2. The van der Waals surface area contributed by atoms with Gasteiger partial charge < -0.3 is 10.2 Å². The second-order valence-electron chi connectivity index (χ2n) is 3.06. The summed E-state index contributed by atoms with van der Waals surface area (Å²) in [6.45, 7) is 0. The van der Waals surface area contributed by atoms with E-state index in [0.29, 0.717) is 5.82 Å². The molecule has 0 atom stereocenters. The van der Waals surface area contributed by atoms with E-state index >= 15 is 0 Å². The van der Waals surface area contributed by atoms with Crippen LogP contribution in [-0.4, -0.2) is 15.2 Å². The summed E-state index contributed by atoms with van der Waals surface area (Å²) in [4.78, 5) is 3.95. The molecule has 0 unspecified atom stereocenters. The molecule has 0 aliphatic rings. The minimum absolute atomic E-state index is 0. The molecule has 2 rings (SSSR count). The summed E-state index contributed by atoms with van der Waals surface area (Å²) < 4.78 is 0. The molecule has 0 saturated carbocycles. The summed E-state index contributed by atoms with van der Waals surface area (Å²) in [6.07, 6.45) is 1.60. The number of phenols is 2. The zero-order valence-electron chi connectivity index (χ0n) is 8.98. The minimum atomic E-state index is -0.125. The van der Waals surface area contributed by atoms with E-state index in [2.05, 4.69) is 15.2 Å². The molecule has 0 fully saturated rings. The maximum absolute atomic E-state index is 9.44. The molecule has 0 bridgehead atoms. The fourth-order valence-electron chi connectivity index (χ4n) is 1.11. The van der Waals surface area contributed by atoms with Crippen LogP contribution in [0.5, 0.6) is 11.5 Å². The Bertz CT molecular complexity index is 517. The van der Waals surface area contributed by atoms with Crippen LogP contribution >= 0.6 is 0 Å². The van der Waals surface area contributed by atoms with E-state index in [-0.39, 0.29) is 36.7 Å². The Labute approximate surface area is 111 Å². The van der Waals surface area contributed by atoms with Crippen molar-refractivity contribution in [3.8, 4) is 11.5 Å². The molecule has 0 spiro atoms. The van der Waals surface area contributed by atoms with E-state index in [1.807, 2.05) is 0 Å². The molecule has 5 nitrogen and oxygen atoms in total. The van der Waals surface area contributed by atoms with Crippen molar-refractivity contribution in [2.75, 3.05) is 0 Å². The van der Waals surface area contributed by atoms with Gasteiger partial charge in [0.2, 0.25) is 0 Å². The van der Waals surface area contributed by atoms with Crippen molar-refractivity contribution in [2.45, 2.75) is 0 Å². The van der Waals surface area contributed by atoms with Gasteiger partial charge in [0.1, 0.15) is 17.2 Å². The number of phenolic OH excluding ortho intramolecular Hbond substituents is 2. The topological polar surface area (TPSA) is 78.1 Å². The van der Waals surface area contributed by atoms with Gasteiger partial charge >= 0.3 is 0 Å². The first-order chi connectivity index (χ1) is 7.75. The third-order valence-corrected chi connectivity index (χ3v) is 1.87. The minimum Gasteiger partial charge on any atom is -0.508 e. The third-order valence-electron chi connectivity index (χ3n) is 1.87. The fraction of sp³-hybridized carbons (Fsp3) is 0. The van der Waals surface area contributed by atoms with Gasteiger partial charge in [0, 0.05) is 31.7 Å². The molecule has 1 aromatic heterocycles. The Morgan fingerprint density at radius 2 is 1.82 bits per heavy atom. The number of aromatic nitrogens is 1. The SMILES string of the molecule is Oc1ccc(N=Nc2ccccn2)c(O)c1.[Zn]. The van der Waals surface area contributed by atoms with Crippen molar-refractivity contribution in [3.63, 3.8) is 0 Å². The van der Waals surface area contributed by atoms with E-state index in [1.54, 1.807) is 24.4 Å². The van der Waals surface area contributed by atoms with Gasteiger partial charge in [0.25, 0.3) is 0 Å². The monoisotopic (exact) mass is 279 g/mol. The maximum Gasteiger partial charge on any atom is 0.174 e. The molecule has 1 heterocycles. The van der Waals surface area contributed by atoms with Crippen molar-refractivity contribution in [1.29, 1.82) is 0 Å². The first kappa shape index (κ1) is 13.3. The molecular weight excluding hydrogens is 272 g/mol. The van der Waals surface area contributed by atoms with Crippen LogP contribution in [0.4, 0.5) is 11.5 Å². The maximum atomic E-state index is 9.44. The van der Waals surface area contributed by atoms with Crippen LogP contribution in [0.3, 0.4) is 0 Å². The molecule has 82 valence electrons. The summed E-state index contributed by atoms with van der Waals surface area (Å²) in [6, 6.07) is 9.35. The van der Waals surface area contributed by atoms with E-state index in [1.165, 1.54) is 18.2 Å². The quantitative estimate of drug-likeness (QED) is 0.656. The second kappa shape index (κ2) is 6.06. The van der Waals surface area contributed by atoms with E-state index in [0.717, 1.165) is 0 Å². The van der Waals surface area contributed by atoms with Gasteiger partial charge in [-0.25, -0.2) is 4.98 Å². The average Bonchev–Trinajstić information content (AvgIpc) is 2.29. The van der Waals surface area contributed by atoms with Crippen LogP contribution < -0.4 is 0 Å². The Morgan fingerprint density at radius 3 is 2.47 bits per heavy atom. The molecule has 0 radical (unpaired) electrons. The number of nitrogens with zero attached hydrogens (tertiary/aromatic N) is 3. The van der Waals surface area contributed by atoms with Crippen LogP contribution in [0, 0.1) is 0 Å². The van der Waals surface area contributed by atoms with E-state index in [9.17, 15) is 5.11 Å². The number of azo groups is 1. The molecule has 2 aromatic rings. The summed E-state index contributed by atoms with van der Waals surface area (Å²) >= 11 is 0. The number of benzene rings is 1. The zero-order chi connectivity index (χ0) is 11.4. The van der Waals surface area contributed by atoms with Crippen LogP contribution in [0.2, 0.25) is 0 Å². The zero-order valence-corrected chi connectivity index (χ0v) is 12.0. The Kier molecular flexibility index (Phi) is 4.73. The van der Waals surface area contributed by atoms with Gasteiger partial charge in [-0.05, 0) is 24.3 Å². The Balaban J connectivity index is 0.00000144. The number of hydrogen-bond donors (Lipinski definition) is 2. The number of rotatable bonds is 2. The molecule has 0 aliphatic carbocycles. The van der Waals surface area contributed by atoms with Crippen molar-refractivity contribution in [2.24, 2.45) is 10.2 Å². The Hall–Kier alpha value is -1.81. The van der Waals surface area contributed by atoms with Gasteiger partial charge in [-0.3, -0.25) is 0 Å². The van der Waals surface area contributed by atoms with Crippen LogP contribution in [-0.2, 0) is 19.5 Å². The van der Waals surface area contributed by atoms with Crippen molar-refractivity contribution >= 4 is 11.5 Å². The fourth-order valence-corrected chi connectivity index (χ4v) is 1.11. The van der Waals surface area contributed by atoms with Crippen LogP contribution in [0.1, 0.15) is 0 Å². The third kappa shape index (κ3) is 3.61. The van der Waals surface area contributed by atoms with Crippen molar-refractivity contribution in [1.82, 2.24) is 4.98 Å². The molecule has 6 heteroatoms. The summed E-state index contributed by atoms with van der Waals surface area (Å²) in [5.41, 5.74) is 0.281. The predicted octanol–water partition coefficient (Wildman–Crippen LogP) is 2.91. The number of aromatic hydroxyl groups is 2. The van der Waals surface area contributed by atoms with Gasteiger partial charge in [-0.2, -0.15) is 0 Å². The van der Waals surface area contributed by atoms with E-state index in [4.69, 9.17) is 5.11 Å². The number of pyridine rings is 1. The van der Waals surface area contributed by atoms with Gasteiger partial charge in [-0.15, -0.1) is 10.2 Å². The largest absolute Gasteiger partial charge is 0.508 e. The van der Waals surface area contributed by atoms with Crippen LogP contribution in [0.25, 0.3) is 0 Å².